The normalized spacial score (nSPS) is 12.9. The van der Waals surface area contributed by atoms with E-state index in [-0.39, 0.29) is 17.9 Å². The molecule has 0 heterocycles. The Morgan fingerprint density at radius 1 is 0.543 bits per heavy atom. The van der Waals surface area contributed by atoms with Gasteiger partial charge in [0, 0.05) is 6.42 Å². The molecule has 0 aliphatic heterocycles. The van der Waals surface area contributed by atoms with Crippen LogP contribution in [0.4, 0.5) is 0 Å². The molecule has 0 saturated heterocycles. The van der Waals surface area contributed by atoms with E-state index in [2.05, 4.69) is 20.8 Å². The van der Waals surface area contributed by atoms with Crippen molar-refractivity contribution in [2.75, 3.05) is 13.2 Å². The number of carbonyl (C=O) groups excluding carboxylic acids is 2. The lowest BCUT2D eigenvalue weighted by Crippen LogP contribution is -2.22. The fourth-order valence-corrected chi connectivity index (χ4v) is 4.43. The zero-order valence-corrected chi connectivity index (χ0v) is 24.1. The molecule has 0 rings (SSSR count). The Bertz CT molecular complexity index is 477. The molecule has 2 atom stereocenters. The molecule has 4 nitrogen and oxygen atoms in total. The summed E-state index contributed by atoms with van der Waals surface area (Å²) >= 11 is 0. The lowest BCUT2D eigenvalue weighted by atomic mass is 9.90. The monoisotopic (exact) mass is 496 g/mol. The van der Waals surface area contributed by atoms with Gasteiger partial charge in [0.25, 0.3) is 0 Å². The second-order valence-corrected chi connectivity index (χ2v) is 10.7. The summed E-state index contributed by atoms with van der Waals surface area (Å²) in [6.07, 6.45) is 24.7. The van der Waals surface area contributed by atoms with E-state index in [4.69, 9.17) is 9.47 Å². The number of rotatable bonds is 26. The Morgan fingerprint density at radius 3 is 1.49 bits per heavy atom. The van der Waals surface area contributed by atoms with Gasteiger partial charge in [-0.2, -0.15) is 0 Å². The molecular weight excluding hydrogens is 436 g/mol. The fourth-order valence-electron chi connectivity index (χ4n) is 4.43. The Labute approximate surface area is 218 Å². The molecule has 0 N–H and O–H groups in total. The van der Waals surface area contributed by atoms with Crippen LogP contribution in [0.3, 0.4) is 0 Å². The second-order valence-electron chi connectivity index (χ2n) is 10.7. The number of hydrogen-bond donors (Lipinski definition) is 0. The van der Waals surface area contributed by atoms with Gasteiger partial charge in [-0.1, -0.05) is 130 Å². The average Bonchev–Trinajstić information content (AvgIpc) is 2.85. The van der Waals surface area contributed by atoms with Gasteiger partial charge >= 0.3 is 11.9 Å². The van der Waals surface area contributed by atoms with Crippen LogP contribution in [0, 0.1) is 11.8 Å². The minimum atomic E-state index is -0.0110. The number of carbonyl (C=O) groups is 2. The summed E-state index contributed by atoms with van der Waals surface area (Å²) in [4.78, 5) is 23.9. The first kappa shape index (κ1) is 33.9. The third-order valence-corrected chi connectivity index (χ3v) is 7.27. The molecule has 0 bridgehead atoms. The standard InChI is InChI=1S/C31H60O4/c1-5-7-9-22-26-34-30(32)25-21-19-17-15-13-11-12-14-16-18-20-24-28(3)29(4)31(33)35-27-23-10-8-6-2/h28-29H,5-27H2,1-4H3. The van der Waals surface area contributed by atoms with E-state index in [1.54, 1.807) is 0 Å². The Morgan fingerprint density at radius 2 is 0.971 bits per heavy atom. The molecule has 4 heteroatoms. The molecule has 208 valence electrons. The Balaban J connectivity index is 3.41. The zero-order valence-electron chi connectivity index (χ0n) is 24.1. The summed E-state index contributed by atoms with van der Waals surface area (Å²) in [5.74, 6) is 0.406. The summed E-state index contributed by atoms with van der Waals surface area (Å²) in [6.45, 7) is 9.80. The Kier molecular flexibility index (Phi) is 25.2. The summed E-state index contributed by atoms with van der Waals surface area (Å²) in [6, 6.07) is 0. The lowest BCUT2D eigenvalue weighted by molar-refractivity contribution is -0.150. The van der Waals surface area contributed by atoms with E-state index in [0.717, 1.165) is 38.5 Å². The molecule has 2 unspecified atom stereocenters. The zero-order chi connectivity index (χ0) is 26.0. The second kappa shape index (κ2) is 26.0. The molecule has 35 heavy (non-hydrogen) atoms. The highest BCUT2D eigenvalue weighted by atomic mass is 16.5. The Hall–Kier alpha value is -1.06. The van der Waals surface area contributed by atoms with E-state index >= 15 is 0 Å². The molecule has 0 fully saturated rings. The third-order valence-electron chi connectivity index (χ3n) is 7.27. The van der Waals surface area contributed by atoms with Crippen molar-refractivity contribution in [3.05, 3.63) is 0 Å². The first-order valence-electron chi connectivity index (χ1n) is 15.3. The van der Waals surface area contributed by atoms with Gasteiger partial charge in [0.1, 0.15) is 0 Å². The molecule has 0 aliphatic rings. The van der Waals surface area contributed by atoms with Gasteiger partial charge in [0.15, 0.2) is 0 Å². The molecule has 0 aromatic carbocycles. The maximum atomic E-state index is 12.2. The molecule has 0 radical (unpaired) electrons. The highest BCUT2D eigenvalue weighted by molar-refractivity contribution is 5.72. The van der Waals surface area contributed by atoms with Crippen LogP contribution >= 0.6 is 0 Å². The van der Waals surface area contributed by atoms with Crippen molar-refractivity contribution in [3.8, 4) is 0 Å². The van der Waals surface area contributed by atoms with Crippen LogP contribution < -0.4 is 0 Å². The van der Waals surface area contributed by atoms with E-state index in [0.29, 0.717) is 25.6 Å². The minimum absolute atomic E-state index is 0.00765. The summed E-state index contributed by atoms with van der Waals surface area (Å²) < 4.78 is 10.7. The van der Waals surface area contributed by atoms with E-state index < -0.39 is 0 Å². The number of hydrogen-bond acceptors (Lipinski definition) is 4. The smallest absolute Gasteiger partial charge is 0.308 e. The highest BCUT2D eigenvalue weighted by Crippen LogP contribution is 2.21. The quantitative estimate of drug-likeness (QED) is 0.0883. The van der Waals surface area contributed by atoms with Crippen molar-refractivity contribution >= 4 is 11.9 Å². The van der Waals surface area contributed by atoms with Gasteiger partial charge in [-0.25, -0.2) is 0 Å². The molecular formula is C31H60O4. The van der Waals surface area contributed by atoms with Gasteiger partial charge in [-0.3, -0.25) is 9.59 Å². The molecule has 0 spiro atoms. The first-order valence-corrected chi connectivity index (χ1v) is 15.3. The van der Waals surface area contributed by atoms with Crippen molar-refractivity contribution in [1.29, 1.82) is 0 Å². The van der Waals surface area contributed by atoms with Gasteiger partial charge in [-0.15, -0.1) is 0 Å². The van der Waals surface area contributed by atoms with Crippen molar-refractivity contribution in [3.63, 3.8) is 0 Å². The molecule has 0 saturated carbocycles. The molecule has 0 amide bonds. The van der Waals surface area contributed by atoms with Crippen LogP contribution in [0.5, 0.6) is 0 Å². The molecule has 0 aromatic heterocycles. The number of unbranched alkanes of at least 4 members (excludes halogenated alkanes) is 16. The van der Waals surface area contributed by atoms with E-state index in [9.17, 15) is 9.59 Å². The van der Waals surface area contributed by atoms with Crippen LogP contribution in [0.2, 0.25) is 0 Å². The summed E-state index contributed by atoms with van der Waals surface area (Å²) in [5.41, 5.74) is 0. The predicted molar refractivity (Wildman–Crippen MR) is 149 cm³/mol. The van der Waals surface area contributed by atoms with Crippen LogP contribution in [0.15, 0.2) is 0 Å². The topological polar surface area (TPSA) is 52.6 Å². The first-order chi connectivity index (χ1) is 17.0. The molecule has 0 aliphatic carbocycles. The van der Waals surface area contributed by atoms with Crippen molar-refractivity contribution in [1.82, 2.24) is 0 Å². The largest absolute Gasteiger partial charge is 0.466 e. The third kappa shape index (κ3) is 23.1. The van der Waals surface area contributed by atoms with Crippen LogP contribution in [0.25, 0.3) is 0 Å². The summed E-state index contributed by atoms with van der Waals surface area (Å²) in [7, 11) is 0. The molecule has 0 aromatic rings. The van der Waals surface area contributed by atoms with Crippen molar-refractivity contribution in [2.24, 2.45) is 11.8 Å². The SMILES string of the molecule is CCCCCCOC(=O)CCCCCCCCCCCCCC(C)C(C)C(=O)OCCCCCC. The van der Waals surface area contributed by atoms with Crippen LogP contribution in [-0.4, -0.2) is 25.2 Å². The lowest BCUT2D eigenvalue weighted by Gasteiger charge is -2.18. The fraction of sp³-hybridized carbons (Fsp3) is 0.935. The summed E-state index contributed by atoms with van der Waals surface area (Å²) in [5, 5.41) is 0. The van der Waals surface area contributed by atoms with E-state index in [1.165, 1.54) is 89.9 Å². The maximum Gasteiger partial charge on any atom is 0.308 e. The maximum absolute atomic E-state index is 12.2. The number of esters is 2. The predicted octanol–water partition coefficient (Wildman–Crippen LogP) is 9.58. The minimum Gasteiger partial charge on any atom is -0.466 e. The van der Waals surface area contributed by atoms with Gasteiger partial charge in [-0.05, 0) is 31.6 Å². The highest BCUT2D eigenvalue weighted by Gasteiger charge is 2.21. The van der Waals surface area contributed by atoms with Gasteiger partial charge < -0.3 is 9.47 Å². The number of ether oxygens (including phenoxy) is 2. The average molecular weight is 497 g/mol. The van der Waals surface area contributed by atoms with Crippen LogP contribution in [-0.2, 0) is 19.1 Å². The van der Waals surface area contributed by atoms with Crippen molar-refractivity contribution < 1.29 is 19.1 Å². The van der Waals surface area contributed by atoms with Gasteiger partial charge in [0.2, 0.25) is 0 Å². The van der Waals surface area contributed by atoms with Crippen molar-refractivity contribution in [2.45, 2.75) is 163 Å². The van der Waals surface area contributed by atoms with Crippen LogP contribution in [0.1, 0.15) is 163 Å². The van der Waals surface area contributed by atoms with E-state index in [1.807, 2.05) is 6.92 Å². The van der Waals surface area contributed by atoms with Gasteiger partial charge in [0.05, 0.1) is 19.1 Å².